The monoisotopic (exact) mass is 781 g/mol. The molecule has 3 heterocycles. The highest BCUT2D eigenvalue weighted by Crippen LogP contribution is 2.46. The predicted octanol–water partition coefficient (Wildman–Crippen LogP) is 1.58. The molecule has 3 rings (SSSR count). The number of carbonyl (C=O) groups excluding carboxylic acids is 1. The SMILES string of the molecule is CC[C@H]1OC(=O)[C@H](C)[C@@H](C[C@H]2C[C@@](C)(OC)[C@@H](O)[C@H](C)O2)[C@H](C)[C@@H](C[C@@H]2O[C@H](C)C[C@H](N(C)C)[C@H]2O)C(C)(O)C[C@@H](C)CN(C)[C@H](C)[C@@H](O)[C@]1(C)O.O.O. The summed E-state index contributed by atoms with van der Waals surface area (Å²) in [6, 6.07) is -0.596. The zero-order chi connectivity index (χ0) is 39.7. The summed E-state index contributed by atoms with van der Waals surface area (Å²) in [5.41, 5.74) is -3.85. The number of esters is 1. The molecule has 3 aliphatic heterocycles. The number of hydrogen-bond acceptors (Lipinski definition) is 12. The third-order valence-corrected chi connectivity index (χ3v) is 13.5. The van der Waals surface area contributed by atoms with Crippen molar-refractivity contribution in [1.82, 2.24) is 9.80 Å². The number of hydrogen-bond donors (Lipinski definition) is 5. The highest BCUT2D eigenvalue weighted by Gasteiger charge is 2.51. The van der Waals surface area contributed by atoms with E-state index >= 15 is 0 Å². The fourth-order valence-electron chi connectivity index (χ4n) is 10.0. The van der Waals surface area contributed by atoms with Crippen LogP contribution >= 0.6 is 0 Å². The maximum absolute atomic E-state index is 14.3. The highest BCUT2D eigenvalue weighted by atomic mass is 16.6. The molecule has 0 bridgehead atoms. The van der Waals surface area contributed by atoms with E-state index in [0.29, 0.717) is 45.1 Å². The van der Waals surface area contributed by atoms with Gasteiger partial charge in [0.25, 0.3) is 0 Å². The Balaban J connectivity index is 0.00000729. The molecule has 0 aromatic carbocycles. The van der Waals surface area contributed by atoms with Crippen molar-refractivity contribution in [2.24, 2.45) is 29.6 Å². The van der Waals surface area contributed by atoms with Gasteiger partial charge in [0.15, 0.2) is 0 Å². The minimum atomic E-state index is -1.73. The number of methoxy groups -OCH3 is 1. The normalized spacial score (nSPS) is 47.8. The first-order chi connectivity index (χ1) is 23.9. The van der Waals surface area contributed by atoms with E-state index in [1.54, 1.807) is 7.11 Å². The van der Waals surface area contributed by atoms with Gasteiger partial charge in [0.2, 0.25) is 0 Å². The fourth-order valence-corrected chi connectivity index (χ4v) is 10.0. The minimum Gasteiger partial charge on any atom is -0.459 e. The Labute approximate surface area is 325 Å². The number of rotatable bonds is 7. The Bertz CT molecular complexity index is 1140. The number of nitrogens with zero attached hydrogens (tertiary/aromatic N) is 2. The van der Waals surface area contributed by atoms with Crippen molar-refractivity contribution in [3.63, 3.8) is 0 Å². The quantitative estimate of drug-likeness (QED) is 0.232. The molecule has 0 saturated carbocycles. The van der Waals surface area contributed by atoms with Crippen LogP contribution < -0.4 is 0 Å². The largest absolute Gasteiger partial charge is 0.459 e. The lowest BCUT2D eigenvalue weighted by atomic mass is 9.64. The van der Waals surface area contributed by atoms with E-state index in [0.717, 1.165) is 0 Å². The van der Waals surface area contributed by atoms with Gasteiger partial charge in [-0.2, -0.15) is 0 Å². The van der Waals surface area contributed by atoms with Gasteiger partial charge < -0.3 is 65.2 Å². The Morgan fingerprint density at radius 2 is 1.52 bits per heavy atom. The molecule has 3 fully saturated rings. The standard InChI is InChI=1S/C40H76N2O10.2H2O/c1-15-33-40(10,48)35(44)26(6)42(13)21-22(2)19-38(8,47)30(18-32-34(43)31(41(11)12)16-23(3)50-32)24(4)29(25(5)37(46)52-33)17-28-20-39(9,49-14)36(45)27(7)51-28;;/h22-36,43-45,47-48H,15-21H2,1-14H3;2*1H2/t22-,23-,24+,25-,26-,27+,28+,29+,30-,31+,32+,33-,34-,35-,36+,38?,39-,40-;;/m1../s1. The first kappa shape index (κ1) is 51.0. The Hall–Kier alpha value is -1.01. The lowest BCUT2D eigenvalue weighted by Gasteiger charge is -2.49. The molecule has 1 unspecified atom stereocenters. The van der Waals surface area contributed by atoms with Crippen molar-refractivity contribution >= 4 is 5.97 Å². The molecule has 54 heavy (non-hydrogen) atoms. The molecule has 0 spiro atoms. The zero-order valence-corrected chi connectivity index (χ0v) is 35.8. The third-order valence-electron chi connectivity index (χ3n) is 13.5. The summed E-state index contributed by atoms with van der Waals surface area (Å²) in [4.78, 5) is 18.3. The van der Waals surface area contributed by atoms with Crippen molar-refractivity contribution < 1.29 is 60.2 Å². The summed E-state index contributed by atoms with van der Waals surface area (Å²) < 4.78 is 24.8. The molecule has 14 nitrogen and oxygen atoms in total. The van der Waals surface area contributed by atoms with Gasteiger partial charge >= 0.3 is 5.97 Å². The molecular formula is C40H80N2O12. The number of carbonyl (C=O) groups is 1. The predicted molar refractivity (Wildman–Crippen MR) is 208 cm³/mol. The van der Waals surface area contributed by atoms with Crippen molar-refractivity contribution in [3.05, 3.63) is 0 Å². The van der Waals surface area contributed by atoms with Crippen LogP contribution in [-0.2, 0) is 23.7 Å². The molecule has 3 aliphatic rings. The fraction of sp³-hybridized carbons (Fsp3) is 0.975. The van der Waals surface area contributed by atoms with Crippen LogP contribution in [0.4, 0.5) is 0 Å². The van der Waals surface area contributed by atoms with Gasteiger partial charge in [0.05, 0.1) is 47.6 Å². The van der Waals surface area contributed by atoms with Crippen LogP contribution in [0.2, 0.25) is 0 Å². The van der Waals surface area contributed by atoms with Crippen molar-refractivity contribution in [1.29, 1.82) is 0 Å². The summed E-state index contributed by atoms with van der Waals surface area (Å²) in [6.45, 7) is 19.3. The molecule has 18 atom stereocenters. The van der Waals surface area contributed by atoms with Gasteiger partial charge in [-0.1, -0.05) is 27.7 Å². The number of ether oxygens (including phenoxy) is 4. The van der Waals surface area contributed by atoms with Crippen LogP contribution in [0.5, 0.6) is 0 Å². The number of likely N-dealkylation sites (N-methyl/N-ethyl adjacent to an activating group) is 2. The second-order valence-electron chi connectivity index (χ2n) is 18.1. The lowest BCUT2D eigenvalue weighted by Crippen LogP contribution is -2.59. The molecule has 0 radical (unpaired) electrons. The summed E-state index contributed by atoms with van der Waals surface area (Å²) in [7, 11) is 7.40. The minimum absolute atomic E-state index is 0. The second kappa shape index (κ2) is 20.1. The van der Waals surface area contributed by atoms with Gasteiger partial charge in [-0.3, -0.25) is 4.79 Å². The van der Waals surface area contributed by atoms with E-state index in [4.69, 9.17) is 18.9 Å². The number of aliphatic hydroxyl groups is 5. The summed E-state index contributed by atoms with van der Waals surface area (Å²) in [5, 5.41) is 58.6. The number of cyclic esters (lactones) is 1. The van der Waals surface area contributed by atoms with Gasteiger partial charge in [0.1, 0.15) is 23.9 Å². The maximum Gasteiger partial charge on any atom is 0.309 e. The van der Waals surface area contributed by atoms with Crippen molar-refractivity contribution in [3.8, 4) is 0 Å². The van der Waals surface area contributed by atoms with Crippen LogP contribution in [0.1, 0.15) is 108 Å². The van der Waals surface area contributed by atoms with Crippen LogP contribution in [0, 0.1) is 29.6 Å². The molecular weight excluding hydrogens is 700 g/mol. The molecule has 9 N–H and O–H groups in total. The van der Waals surface area contributed by atoms with Gasteiger partial charge in [-0.05, 0) is 118 Å². The molecule has 0 aromatic heterocycles. The first-order valence-electron chi connectivity index (χ1n) is 19.8. The summed E-state index contributed by atoms with van der Waals surface area (Å²) in [5.74, 6) is -2.35. The molecule has 0 amide bonds. The average Bonchev–Trinajstić information content (AvgIpc) is 3.05. The lowest BCUT2D eigenvalue weighted by molar-refractivity contribution is -0.220. The molecule has 0 aromatic rings. The number of aliphatic hydroxyl groups excluding tert-OH is 3. The van der Waals surface area contributed by atoms with Crippen LogP contribution in [-0.4, -0.2) is 165 Å². The van der Waals surface area contributed by atoms with Gasteiger partial charge in [-0.15, -0.1) is 0 Å². The van der Waals surface area contributed by atoms with E-state index in [1.165, 1.54) is 6.92 Å². The van der Waals surface area contributed by atoms with Crippen LogP contribution in [0.3, 0.4) is 0 Å². The Morgan fingerprint density at radius 1 is 0.926 bits per heavy atom. The van der Waals surface area contributed by atoms with Crippen LogP contribution in [0.15, 0.2) is 0 Å². The third kappa shape index (κ3) is 11.3. The zero-order valence-electron chi connectivity index (χ0n) is 35.8. The maximum atomic E-state index is 14.3. The average molecular weight is 781 g/mol. The topological polar surface area (TPSA) is 225 Å². The van der Waals surface area contributed by atoms with E-state index in [2.05, 4.69) is 13.8 Å². The molecule has 14 heteroatoms. The second-order valence-corrected chi connectivity index (χ2v) is 18.1. The van der Waals surface area contributed by atoms with Crippen molar-refractivity contribution in [2.75, 3.05) is 34.8 Å². The Morgan fingerprint density at radius 3 is 2.06 bits per heavy atom. The molecule has 322 valence electrons. The van der Waals surface area contributed by atoms with Crippen molar-refractivity contribution in [2.45, 2.75) is 185 Å². The molecule has 0 aliphatic carbocycles. The molecule has 3 saturated heterocycles. The summed E-state index contributed by atoms with van der Waals surface area (Å²) in [6.07, 6.45) is -2.80. The van der Waals surface area contributed by atoms with E-state index in [-0.39, 0.29) is 41.0 Å². The Kier molecular flexibility index (Phi) is 19.0. The van der Waals surface area contributed by atoms with E-state index < -0.39 is 83.2 Å². The van der Waals surface area contributed by atoms with Gasteiger partial charge in [-0.25, -0.2) is 0 Å². The van der Waals surface area contributed by atoms with Crippen LogP contribution in [0.25, 0.3) is 0 Å². The van der Waals surface area contributed by atoms with E-state index in [9.17, 15) is 30.3 Å². The first-order valence-corrected chi connectivity index (χ1v) is 19.8. The highest BCUT2D eigenvalue weighted by molar-refractivity contribution is 5.72. The summed E-state index contributed by atoms with van der Waals surface area (Å²) >= 11 is 0. The van der Waals surface area contributed by atoms with Gasteiger partial charge in [0, 0.05) is 32.2 Å². The van der Waals surface area contributed by atoms with E-state index in [1.807, 2.05) is 79.4 Å². The smallest absolute Gasteiger partial charge is 0.309 e.